The summed E-state index contributed by atoms with van der Waals surface area (Å²) in [5.74, 6) is 0.0956. The zero-order chi connectivity index (χ0) is 11.5. The van der Waals surface area contributed by atoms with E-state index in [1.54, 1.807) is 0 Å². The predicted molar refractivity (Wildman–Crippen MR) is 59.7 cm³/mol. The fourth-order valence-electron chi connectivity index (χ4n) is 1.53. The lowest BCUT2D eigenvalue weighted by atomic mass is 10.2. The van der Waals surface area contributed by atoms with Crippen molar-refractivity contribution in [2.24, 2.45) is 0 Å². The van der Waals surface area contributed by atoms with Crippen LogP contribution >= 0.6 is 0 Å². The van der Waals surface area contributed by atoms with Crippen LogP contribution in [0.3, 0.4) is 0 Å². The number of piperazine rings is 1. The van der Waals surface area contributed by atoms with Gasteiger partial charge in [-0.3, -0.25) is 4.79 Å². The van der Waals surface area contributed by atoms with E-state index in [4.69, 9.17) is 4.74 Å². The topological polar surface area (TPSA) is 41.6 Å². The third kappa shape index (κ3) is 4.62. The molecule has 4 heteroatoms. The Hall–Kier alpha value is -0.610. The van der Waals surface area contributed by atoms with Gasteiger partial charge in [0.1, 0.15) is 6.61 Å². The van der Waals surface area contributed by atoms with Gasteiger partial charge in [0.05, 0.1) is 5.60 Å². The average Bonchev–Trinajstić information content (AvgIpc) is 2.13. The molecule has 0 radical (unpaired) electrons. The van der Waals surface area contributed by atoms with Crippen molar-refractivity contribution in [3.63, 3.8) is 0 Å². The highest BCUT2D eigenvalue weighted by Crippen LogP contribution is 2.07. The van der Waals surface area contributed by atoms with E-state index in [1.807, 2.05) is 25.7 Å². The van der Waals surface area contributed by atoms with Crippen LogP contribution in [0.5, 0.6) is 0 Å². The van der Waals surface area contributed by atoms with Crippen LogP contribution in [0.4, 0.5) is 0 Å². The molecule has 1 fully saturated rings. The van der Waals surface area contributed by atoms with Crippen molar-refractivity contribution in [1.29, 1.82) is 0 Å². The maximum absolute atomic E-state index is 11.8. The Bertz CT molecular complexity index is 223. The summed E-state index contributed by atoms with van der Waals surface area (Å²) in [6.45, 7) is 10.6. The molecule has 0 aromatic carbocycles. The number of amides is 1. The molecule has 0 aromatic rings. The van der Waals surface area contributed by atoms with Crippen LogP contribution in [0, 0.1) is 0 Å². The van der Waals surface area contributed by atoms with Crippen LogP contribution in [0.1, 0.15) is 27.7 Å². The molecule has 15 heavy (non-hydrogen) atoms. The molecule has 1 heterocycles. The van der Waals surface area contributed by atoms with Crippen molar-refractivity contribution < 1.29 is 9.53 Å². The van der Waals surface area contributed by atoms with Crippen molar-refractivity contribution in [3.05, 3.63) is 0 Å². The van der Waals surface area contributed by atoms with Crippen molar-refractivity contribution in [1.82, 2.24) is 10.2 Å². The molecule has 1 saturated heterocycles. The van der Waals surface area contributed by atoms with Gasteiger partial charge >= 0.3 is 0 Å². The molecule has 0 saturated carbocycles. The number of rotatable bonds is 2. The number of hydrogen-bond acceptors (Lipinski definition) is 3. The Morgan fingerprint density at radius 2 is 2.20 bits per heavy atom. The number of hydrogen-bond donors (Lipinski definition) is 1. The molecule has 0 unspecified atom stereocenters. The average molecular weight is 214 g/mol. The van der Waals surface area contributed by atoms with Gasteiger partial charge in [0, 0.05) is 25.7 Å². The van der Waals surface area contributed by atoms with Crippen LogP contribution in [0.15, 0.2) is 0 Å². The first kappa shape index (κ1) is 12.5. The first-order valence-corrected chi connectivity index (χ1v) is 5.53. The van der Waals surface area contributed by atoms with Gasteiger partial charge in [-0.1, -0.05) is 0 Å². The van der Waals surface area contributed by atoms with E-state index < -0.39 is 0 Å². The van der Waals surface area contributed by atoms with E-state index in [1.165, 1.54) is 0 Å². The highest BCUT2D eigenvalue weighted by molar-refractivity contribution is 5.77. The minimum atomic E-state index is -0.241. The lowest BCUT2D eigenvalue weighted by Crippen LogP contribution is -2.52. The van der Waals surface area contributed by atoms with Crippen LogP contribution in [-0.2, 0) is 9.53 Å². The molecule has 0 spiro atoms. The Kier molecular flexibility index (Phi) is 4.11. The molecule has 1 amide bonds. The second-order valence-corrected chi connectivity index (χ2v) is 5.10. The predicted octanol–water partition coefficient (Wildman–Crippen LogP) is 0.622. The third-order valence-electron chi connectivity index (χ3n) is 2.35. The summed E-state index contributed by atoms with van der Waals surface area (Å²) in [4.78, 5) is 13.6. The van der Waals surface area contributed by atoms with Gasteiger partial charge in [0.2, 0.25) is 5.91 Å². The molecule has 1 N–H and O–H groups in total. The Balaban J connectivity index is 2.33. The molecule has 0 bridgehead atoms. The van der Waals surface area contributed by atoms with Crippen LogP contribution in [0.2, 0.25) is 0 Å². The van der Waals surface area contributed by atoms with E-state index in [9.17, 15) is 4.79 Å². The molecule has 0 aliphatic carbocycles. The molecule has 88 valence electrons. The summed E-state index contributed by atoms with van der Waals surface area (Å²) in [5, 5.41) is 3.30. The van der Waals surface area contributed by atoms with Gasteiger partial charge in [-0.2, -0.15) is 0 Å². The van der Waals surface area contributed by atoms with Crippen molar-refractivity contribution in [2.45, 2.75) is 39.3 Å². The van der Waals surface area contributed by atoms with Gasteiger partial charge in [-0.25, -0.2) is 0 Å². The van der Waals surface area contributed by atoms with E-state index in [2.05, 4.69) is 12.2 Å². The number of carbonyl (C=O) groups is 1. The molecular weight excluding hydrogens is 192 g/mol. The van der Waals surface area contributed by atoms with E-state index in [0.29, 0.717) is 6.04 Å². The van der Waals surface area contributed by atoms with Crippen molar-refractivity contribution in [3.8, 4) is 0 Å². The summed E-state index contributed by atoms with van der Waals surface area (Å²) in [6, 6.07) is 0.386. The molecule has 0 aromatic heterocycles. The molecule has 1 aliphatic rings. The maximum Gasteiger partial charge on any atom is 0.248 e. The third-order valence-corrected chi connectivity index (χ3v) is 2.35. The van der Waals surface area contributed by atoms with Gasteiger partial charge in [-0.15, -0.1) is 0 Å². The second-order valence-electron chi connectivity index (χ2n) is 5.10. The van der Waals surface area contributed by atoms with Crippen LogP contribution < -0.4 is 5.32 Å². The minimum Gasteiger partial charge on any atom is -0.366 e. The first-order valence-electron chi connectivity index (χ1n) is 5.53. The van der Waals surface area contributed by atoms with Gasteiger partial charge in [-0.05, 0) is 27.7 Å². The summed E-state index contributed by atoms with van der Waals surface area (Å²) >= 11 is 0. The quantitative estimate of drug-likeness (QED) is 0.733. The summed E-state index contributed by atoms with van der Waals surface area (Å²) in [7, 11) is 0. The monoisotopic (exact) mass is 214 g/mol. The molecular formula is C11H22N2O2. The zero-order valence-electron chi connectivity index (χ0n) is 10.2. The molecule has 4 nitrogen and oxygen atoms in total. The van der Waals surface area contributed by atoms with Crippen molar-refractivity contribution >= 4 is 5.91 Å². The van der Waals surface area contributed by atoms with E-state index in [0.717, 1.165) is 19.6 Å². The lowest BCUT2D eigenvalue weighted by molar-refractivity contribution is -0.142. The minimum absolute atomic E-state index is 0.0956. The molecule has 1 rings (SSSR count). The fourth-order valence-corrected chi connectivity index (χ4v) is 1.53. The Morgan fingerprint density at radius 1 is 1.53 bits per heavy atom. The lowest BCUT2D eigenvalue weighted by Gasteiger charge is -2.32. The summed E-state index contributed by atoms with van der Waals surface area (Å²) in [6.07, 6.45) is 0. The van der Waals surface area contributed by atoms with E-state index in [-0.39, 0.29) is 18.1 Å². The largest absolute Gasteiger partial charge is 0.366 e. The van der Waals surface area contributed by atoms with E-state index >= 15 is 0 Å². The SMILES string of the molecule is C[C@H]1CN(C(=O)COC(C)(C)C)CCN1. The maximum atomic E-state index is 11.8. The highest BCUT2D eigenvalue weighted by Gasteiger charge is 2.22. The van der Waals surface area contributed by atoms with Gasteiger partial charge < -0.3 is 15.0 Å². The summed E-state index contributed by atoms with van der Waals surface area (Å²) in [5.41, 5.74) is -0.241. The standard InChI is InChI=1S/C11H22N2O2/c1-9-7-13(6-5-12-9)10(14)8-15-11(2,3)4/h9,12H,5-8H2,1-4H3/t9-/m0/s1. The number of carbonyl (C=O) groups excluding carboxylic acids is 1. The number of nitrogens with zero attached hydrogens (tertiary/aromatic N) is 1. The second kappa shape index (κ2) is 4.94. The van der Waals surface area contributed by atoms with Gasteiger partial charge in [0.25, 0.3) is 0 Å². The summed E-state index contributed by atoms with van der Waals surface area (Å²) < 4.78 is 5.47. The normalized spacial score (nSPS) is 22.9. The number of nitrogens with one attached hydrogen (secondary N) is 1. The van der Waals surface area contributed by atoms with Crippen molar-refractivity contribution in [2.75, 3.05) is 26.2 Å². The Morgan fingerprint density at radius 3 is 2.73 bits per heavy atom. The fraction of sp³-hybridized carbons (Fsp3) is 0.909. The number of ether oxygens (including phenoxy) is 1. The van der Waals surface area contributed by atoms with Crippen LogP contribution in [-0.4, -0.2) is 48.7 Å². The molecule has 1 atom stereocenters. The first-order chi connectivity index (χ1) is 6.88. The zero-order valence-corrected chi connectivity index (χ0v) is 10.2. The van der Waals surface area contributed by atoms with Crippen LogP contribution in [0.25, 0.3) is 0 Å². The Labute approximate surface area is 92.0 Å². The highest BCUT2D eigenvalue weighted by atomic mass is 16.5. The van der Waals surface area contributed by atoms with Gasteiger partial charge in [0.15, 0.2) is 0 Å². The smallest absolute Gasteiger partial charge is 0.248 e. The molecule has 1 aliphatic heterocycles.